The van der Waals surface area contributed by atoms with E-state index in [1.165, 1.54) is 11.1 Å². The molecule has 1 atom stereocenters. The number of rotatable bonds is 5. The molecule has 0 aliphatic rings. The van der Waals surface area contributed by atoms with E-state index in [0.717, 1.165) is 34.4 Å². The fraction of sp³-hybridized carbons (Fsp3) is 0.333. The van der Waals surface area contributed by atoms with Crippen LogP contribution in [0.15, 0.2) is 40.9 Å². The van der Waals surface area contributed by atoms with E-state index in [-0.39, 0.29) is 5.38 Å². The molecule has 0 radical (unpaired) electrons. The van der Waals surface area contributed by atoms with Crippen molar-refractivity contribution >= 4 is 27.5 Å². The summed E-state index contributed by atoms with van der Waals surface area (Å²) in [5.74, 6) is 0.866. The van der Waals surface area contributed by atoms with Crippen LogP contribution in [0, 0.1) is 13.8 Å². The Bertz CT molecular complexity index is 625. The zero-order valence-electron chi connectivity index (χ0n) is 12.6. The highest BCUT2D eigenvalue weighted by Gasteiger charge is 2.15. The summed E-state index contributed by atoms with van der Waals surface area (Å²) in [6.45, 7) is 7.00. The Balaban J connectivity index is 2.29. The Labute approximate surface area is 140 Å². The summed E-state index contributed by atoms with van der Waals surface area (Å²) in [6, 6.07) is 12.4. The lowest BCUT2D eigenvalue weighted by Gasteiger charge is -2.16. The van der Waals surface area contributed by atoms with Gasteiger partial charge in [-0.15, -0.1) is 11.6 Å². The molecule has 3 heteroatoms. The van der Waals surface area contributed by atoms with Gasteiger partial charge >= 0.3 is 0 Å². The van der Waals surface area contributed by atoms with Crippen LogP contribution in [0.3, 0.4) is 0 Å². The highest BCUT2D eigenvalue weighted by molar-refractivity contribution is 9.10. The van der Waals surface area contributed by atoms with E-state index in [1.54, 1.807) is 0 Å². The molecule has 0 spiro atoms. The van der Waals surface area contributed by atoms with Gasteiger partial charge in [-0.2, -0.15) is 0 Å². The zero-order chi connectivity index (χ0) is 15.4. The Hall–Kier alpha value is -0.990. The number of ether oxygens (including phenoxy) is 1. The van der Waals surface area contributed by atoms with Crippen molar-refractivity contribution in [1.29, 1.82) is 0 Å². The highest BCUT2D eigenvalue weighted by Crippen LogP contribution is 2.35. The minimum atomic E-state index is -0.151. The first-order chi connectivity index (χ1) is 10.0. The second-order valence-corrected chi connectivity index (χ2v) is 6.55. The van der Waals surface area contributed by atoms with E-state index in [1.807, 2.05) is 18.2 Å². The standard InChI is InChI=1S/C18H20BrClO/c1-4-9-21-17-8-7-14(11-16(17)19)18(20)15-10-12(2)5-6-13(15)3/h5-8,10-11,18H,4,9H2,1-3H3. The first-order valence-corrected chi connectivity index (χ1v) is 8.39. The third-order valence-corrected chi connectivity index (χ3v) is 4.52. The maximum atomic E-state index is 6.68. The van der Waals surface area contributed by atoms with Gasteiger partial charge in [0.05, 0.1) is 16.5 Å². The summed E-state index contributed by atoms with van der Waals surface area (Å²) < 4.78 is 6.63. The van der Waals surface area contributed by atoms with Crippen molar-refractivity contribution in [2.45, 2.75) is 32.6 Å². The minimum absolute atomic E-state index is 0.151. The van der Waals surface area contributed by atoms with Gasteiger partial charge in [0.2, 0.25) is 0 Å². The fourth-order valence-corrected chi connectivity index (χ4v) is 3.10. The Morgan fingerprint density at radius 1 is 1.14 bits per heavy atom. The van der Waals surface area contributed by atoms with Gasteiger partial charge in [-0.05, 0) is 65.0 Å². The fourth-order valence-electron chi connectivity index (χ4n) is 2.22. The van der Waals surface area contributed by atoms with Crippen LogP contribution >= 0.6 is 27.5 Å². The molecule has 21 heavy (non-hydrogen) atoms. The Kier molecular flexibility index (Phi) is 5.72. The molecule has 1 unspecified atom stereocenters. The van der Waals surface area contributed by atoms with Crippen molar-refractivity contribution in [3.8, 4) is 5.75 Å². The molecular formula is C18H20BrClO. The van der Waals surface area contributed by atoms with Gasteiger partial charge in [-0.1, -0.05) is 36.8 Å². The van der Waals surface area contributed by atoms with E-state index in [0.29, 0.717) is 0 Å². The molecule has 2 aromatic carbocycles. The molecule has 0 saturated heterocycles. The first-order valence-electron chi connectivity index (χ1n) is 7.16. The SMILES string of the molecule is CCCOc1ccc(C(Cl)c2cc(C)ccc2C)cc1Br. The average Bonchev–Trinajstić information content (AvgIpc) is 2.47. The van der Waals surface area contributed by atoms with Crippen LogP contribution in [0.5, 0.6) is 5.75 Å². The topological polar surface area (TPSA) is 9.23 Å². The van der Waals surface area contributed by atoms with Crippen LogP contribution in [0.4, 0.5) is 0 Å². The molecular weight excluding hydrogens is 348 g/mol. The van der Waals surface area contributed by atoms with Gasteiger partial charge in [-0.3, -0.25) is 0 Å². The van der Waals surface area contributed by atoms with Crippen molar-refractivity contribution in [2.24, 2.45) is 0 Å². The molecule has 112 valence electrons. The van der Waals surface area contributed by atoms with Gasteiger partial charge in [-0.25, -0.2) is 0 Å². The van der Waals surface area contributed by atoms with E-state index in [9.17, 15) is 0 Å². The van der Waals surface area contributed by atoms with Crippen LogP contribution in [0.1, 0.15) is 41.0 Å². The summed E-state index contributed by atoms with van der Waals surface area (Å²) in [5, 5.41) is -0.151. The molecule has 2 aromatic rings. The van der Waals surface area contributed by atoms with Gasteiger partial charge in [0.15, 0.2) is 0 Å². The molecule has 0 amide bonds. The predicted octanol–water partition coefficient (Wildman–Crippen LogP) is 6.18. The zero-order valence-corrected chi connectivity index (χ0v) is 15.0. The second-order valence-electron chi connectivity index (χ2n) is 5.26. The number of hydrogen-bond donors (Lipinski definition) is 0. The van der Waals surface area contributed by atoms with Gasteiger partial charge in [0, 0.05) is 0 Å². The molecule has 0 aromatic heterocycles. The molecule has 1 nitrogen and oxygen atoms in total. The molecule has 0 heterocycles. The number of halogens is 2. The average molecular weight is 368 g/mol. The highest BCUT2D eigenvalue weighted by atomic mass is 79.9. The Morgan fingerprint density at radius 2 is 1.90 bits per heavy atom. The summed E-state index contributed by atoms with van der Waals surface area (Å²) in [7, 11) is 0. The maximum absolute atomic E-state index is 6.68. The maximum Gasteiger partial charge on any atom is 0.133 e. The molecule has 0 aliphatic carbocycles. The van der Waals surface area contributed by atoms with Crippen LogP contribution in [0.2, 0.25) is 0 Å². The third-order valence-electron chi connectivity index (χ3n) is 3.42. The lowest BCUT2D eigenvalue weighted by atomic mass is 9.98. The smallest absolute Gasteiger partial charge is 0.133 e. The quantitative estimate of drug-likeness (QED) is 0.573. The molecule has 0 saturated carbocycles. The normalized spacial score (nSPS) is 12.2. The molecule has 0 fully saturated rings. The van der Waals surface area contributed by atoms with E-state index >= 15 is 0 Å². The summed E-state index contributed by atoms with van der Waals surface area (Å²) in [6.07, 6.45) is 0.995. The summed E-state index contributed by atoms with van der Waals surface area (Å²) >= 11 is 10.2. The van der Waals surface area contributed by atoms with Gasteiger partial charge in [0.25, 0.3) is 0 Å². The number of benzene rings is 2. The van der Waals surface area contributed by atoms with Crippen LogP contribution < -0.4 is 4.74 Å². The number of hydrogen-bond acceptors (Lipinski definition) is 1. The lowest BCUT2D eigenvalue weighted by molar-refractivity contribution is 0.315. The minimum Gasteiger partial charge on any atom is -0.492 e. The van der Waals surface area contributed by atoms with Gasteiger partial charge < -0.3 is 4.74 Å². The van der Waals surface area contributed by atoms with E-state index < -0.39 is 0 Å². The molecule has 0 aliphatic heterocycles. The monoisotopic (exact) mass is 366 g/mol. The van der Waals surface area contributed by atoms with Crippen molar-refractivity contribution in [1.82, 2.24) is 0 Å². The van der Waals surface area contributed by atoms with Crippen LogP contribution in [-0.2, 0) is 0 Å². The van der Waals surface area contributed by atoms with Crippen molar-refractivity contribution in [3.63, 3.8) is 0 Å². The second kappa shape index (κ2) is 7.33. The number of aryl methyl sites for hydroxylation is 2. The largest absolute Gasteiger partial charge is 0.492 e. The summed E-state index contributed by atoms with van der Waals surface area (Å²) in [4.78, 5) is 0. The third kappa shape index (κ3) is 4.02. The van der Waals surface area contributed by atoms with Crippen molar-refractivity contribution < 1.29 is 4.74 Å². The van der Waals surface area contributed by atoms with Crippen LogP contribution in [0.25, 0.3) is 0 Å². The molecule has 0 bridgehead atoms. The van der Waals surface area contributed by atoms with Gasteiger partial charge in [0.1, 0.15) is 5.75 Å². The molecule has 0 N–H and O–H groups in total. The van der Waals surface area contributed by atoms with Crippen molar-refractivity contribution in [2.75, 3.05) is 6.61 Å². The predicted molar refractivity (Wildman–Crippen MR) is 93.5 cm³/mol. The first kappa shape index (κ1) is 16.4. The Morgan fingerprint density at radius 3 is 2.57 bits per heavy atom. The van der Waals surface area contributed by atoms with E-state index in [2.05, 4.69) is 54.9 Å². The lowest BCUT2D eigenvalue weighted by Crippen LogP contribution is -1.99. The van der Waals surface area contributed by atoms with Crippen molar-refractivity contribution in [3.05, 3.63) is 63.1 Å². The van der Waals surface area contributed by atoms with E-state index in [4.69, 9.17) is 16.3 Å². The molecule has 2 rings (SSSR count). The van der Waals surface area contributed by atoms with Crippen LogP contribution in [-0.4, -0.2) is 6.61 Å². The summed E-state index contributed by atoms with van der Waals surface area (Å²) in [5.41, 5.74) is 4.66. The number of alkyl halides is 1.